The third-order valence-electron chi connectivity index (χ3n) is 4.27. The van der Waals surface area contributed by atoms with E-state index in [-0.39, 0.29) is 0 Å². The van der Waals surface area contributed by atoms with Crippen molar-refractivity contribution in [1.82, 2.24) is 5.32 Å². The Bertz CT molecular complexity index is 395. The first-order valence-corrected chi connectivity index (χ1v) is 6.70. The lowest BCUT2D eigenvalue weighted by atomic mass is 9.94. The maximum Gasteiger partial charge on any atom is 0.0320 e. The number of aryl methyl sites for hydroxylation is 3. The van der Waals surface area contributed by atoms with Gasteiger partial charge < -0.3 is 5.32 Å². The van der Waals surface area contributed by atoms with Crippen LogP contribution in [0.5, 0.6) is 0 Å². The molecule has 0 bridgehead atoms. The third-order valence-corrected chi connectivity index (χ3v) is 4.27. The highest BCUT2D eigenvalue weighted by molar-refractivity contribution is 5.43. The largest absolute Gasteiger partial charge is 0.313 e. The summed E-state index contributed by atoms with van der Waals surface area (Å²) in [4.78, 5) is 0. The van der Waals surface area contributed by atoms with Crippen molar-refractivity contribution in [1.29, 1.82) is 0 Å². The van der Waals surface area contributed by atoms with Gasteiger partial charge in [-0.05, 0) is 67.8 Å². The zero-order chi connectivity index (χ0) is 11.0. The van der Waals surface area contributed by atoms with Crippen molar-refractivity contribution < 1.29 is 0 Å². The number of rotatable bonds is 1. The maximum atomic E-state index is 3.49. The molecular formula is C15H21N. The van der Waals surface area contributed by atoms with Crippen molar-refractivity contribution in [3.05, 3.63) is 34.4 Å². The zero-order valence-corrected chi connectivity index (χ0v) is 10.2. The van der Waals surface area contributed by atoms with Crippen LogP contribution in [0.3, 0.4) is 0 Å². The van der Waals surface area contributed by atoms with E-state index in [1.165, 1.54) is 44.9 Å². The molecule has 86 valence electrons. The normalized spacial score (nSPS) is 23.7. The maximum absolute atomic E-state index is 3.49. The predicted molar refractivity (Wildman–Crippen MR) is 67.8 cm³/mol. The van der Waals surface area contributed by atoms with Crippen LogP contribution in [0, 0.1) is 0 Å². The second-order valence-electron chi connectivity index (χ2n) is 5.26. The van der Waals surface area contributed by atoms with E-state index >= 15 is 0 Å². The lowest BCUT2D eigenvalue weighted by molar-refractivity contribution is 0.533. The third kappa shape index (κ3) is 1.67. The average molecular weight is 215 g/mol. The first kappa shape index (κ1) is 10.3. The smallest absolute Gasteiger partial charge is 0.0320 e. The van der Waals surface area contributed by atoms with E-state index in [0.717, 1.165) is 0 Å². The molecule has 0 saturated heterocycles. The minimum Gasteiger partial charge on any atom is -0.313 e. The van der Waals surface area contributed by atoms with E-state index < -0.39 is 0 Å². The van der Waals surface area contributed by atoms with Gasteiger partial charge in [-0.1, -0.05) is 18.6 Å². The fourth-order valence-corrected chi connectivity index (χ4v) is 3.35. The minimum atomic E-state index is 0.600. The molecule has 0 amide bonds. The van der Waals surface area contributed by atoms with Crippen LogP contribution in [0.4, 0.5) is 0 Å². The molecule has 16 heavy (non-hydrogen) atoms. The van der Waals surface area contributed by atoms with Gasteiger partial charge in [-0.3, -0.25) is 0 Å². The fraction of sp³-hybridized carbons (Fsp3) is 0.600. The molecule has 3 rings (SSSR count). The number of fused-ring (bicyclic) bond motifs is 2. The lowest BCUT2D eigenvalue weighted by Gasteiger charge is -2.18. The molecule has 0 heterocycles. The standard InChI is InChI=1S/C15H21N/c1-16-15-8-3-2-5-13-9-11-6-4-7-12(11)10-14(13)15/h9-10,15-16H,2-8H2,1H3. The van der Waals surface area contributed by atoms with E-state index in [1.54, 1.807) is 22.3 Å². The van der Waals surface area contributed by atoms with Crippen LogP contribution in [0.2, 0.25) is 0 Å². The van der Waals surface area contributed by atoms with Gasteiger partial charge in [0.2, 0.25) is 0 Å². The summed E-state index contributed by atoms with van der Waals surface area (Å²) in [5.74, 6) is 0. The molecule has 0 radical (unpaired) electrons. The molecule has 1 aromatic rings. The molecule has 0 fully saturated rings. The van der Waals surface area contributed by atoms with Gasteiger partial charge >= 0.3 is 0 Å². The van der Waals surface area contributed by atoms with Crippen LogP contribution < -0.4 is 5.32 Å². The molecular weight excluding hydrogens is 194 g/mol. The van der Waals surface area contributed by atoms with Gasteiger partial charge in [0.05, 0.1) is 0 Å². The number of benzene rings is 1. The van der Waals surface area contributed by atoms with Gasteiger partial charge in [0, 0.05) is 6.04 Å². The Morgan fingerprint density at radius 1 is 0.938 bits per heavy atom. The van der Waals surface area contributed by atoms with Crippen molar-refractivity contribution in [3.63, 3.8) is 0 Å². The summed E-state index contributed by atoms with van der Waals surface area (Å²) in [6.07, 6.45) is 9.31. The lowest BCUT2D eigenvalue weighted by Crippen LogP contribution is -2.16. The number of hydrogen-bond acceptors (Lipinski definition) is 1. The molecule has 0 aromatic heterocycles. The van der Waals surface area contributed by atoms with Crippen LogP contribution in [-0.4, -0.2) is 7.05 Å². The molecule has 1 heteroatoms. The summed E-state index contributed by atoms with van der Waals surface area (Å²) in [6, 6.07) is 5.61. The van der Waals surface area contributed by atoms with Gasteiger partial charge in [-0.15, -0.1) is 0 Å². The molecule has 2 aliphatic carbocycles. The van der Waals surface area contributed by atoms with E-state index in [4.69, 9.17) is 0 Å². The highest BCUT2D eigenvalue weighted by Gasteiger charge is 2.21. The Balaban J connectivity index is 2.06. The van der Waals surface area contributed by atoms with E-state index in [9.17, 15) is 0 Å². The van der Waals surface area contributed by atoms with Crippen LogP contribution in [0.1, 0.15) is 54.0 Å². The molecule has 2 aliphatic rings. The van der Waals surface area contributed by atoms with E-state index in [1.807, 2.05) is 0 Å². The highest BCUT2D eigenvalue weighted by atomic mass is 14.9. The van der Waals surface area contributed by atoms with E-state index in [0.29, 0.717) is 6.04 Å². The second kappa shape index (κ2) is 4.21. The Kier molecular flexibility index (Phi) is 2.72. The van der Waals surface area contributed by atoms with Gasteiger partial charge in [0.25, 0.3) is 0 Å². The molecule has 1 aromatic carbocycles. The van der Waals surface area contributed by atoms with Crippen molar-refractivity contribution in [2.75, 3.05) is 7.05 Å². The first-order valence-electron chi connectivity index (χ1n) is 6.70. The Labute approximate surface area is 98.3 Å². The second-order valence-corrected chi connectivity index (χ2v) is 5.26. The molecule has 1 atom stereocenters. The SMILES string of the molecule is CNC1CCCCc2cc3c(cc21)CCC3. The Hall–Kier alpha value is -0.820. The summed E-state index contributed by atoms with van der Waals surface area (Å²) in [7, 11) is 2.10. The minimum absolute atomic E-state index is 0.600. The Morgan fingerprint density at radius 3 is 2.50 bits per heavy atom. The van der Waals surface area contributed by atoms with Crippen LogP contribution in [0.15, 0.2) is 12.1 Å². The fourth-order valence-electron chi connectivity index (χ4n) is 3.35. The molecule has 1 unspecified atom stereocenters. The Morgan fingerprint density at radius 2 is 1.69 bits per heavy atom. The van der Waals surface area contributed by atoms with Crippen LogP contribution in [0.25, 0.3) is 0 Å². The van der Waals surface area contributed by atoms with Crippen LogP contribution in [-0.2, 0) is 19.3 Å². The van der Waals surface area contributed by atoms with Crippen molar-refractivity contribution in [2.45, 2.75) is 51.0 Å². The van der Waals surface area contributed by atoms with Gasteiger partial charge in [-0.2, -0.15) is 0 Å². The van der Waals surface area contributed by atoms with Gasteiger partial charge in [0.15, 0.2) is 0 Å². The monoisotopic (exact) mass is 215 g/mol. The van der Waals surface area contributed by atoms with Gasteiger partial charge in [-0.25, -0.2) is 0 Å². The topological polar surface area (TPSA) is 12.0 Å². The molecule has 0 aliphatic heterocycles. The quantitative estimate of drug-likeness (QED) is 0.710. The molecule has 0 spiro atoms. The van der Waals surface area contributed by atoms with Gasteiger partial charge in [0.1, 0.15) is 0 Å². The number of hydrogen-bond donors (Lipinski definition) is 1. The first-order chi connectivity index (χ1) is 7.88. The zero-order valence-electron chi connectivity index (χ0n) is 10.2. The predicted octanol–water partition coefficient (Wildman–Crippen LogP) is 3.16. The number of nitrogens with one attached hydrogen (secondary N) is 1. The molecule has 1 nitrogen and oxygen atoms in total. The molecule has 1 N–H and O–H groups in total. The average Bonchev–Trinajstić information content (AvgIpc) is 2.66. The van der Waals surface area contributed by atoms with Crippen molar-refractivity contribution in [2.24, 2.45) is 0 Å². The van der Waals surface area contributed by atoms with Crippen molar-refractivity contribution in [3.8, 4) is 0 Å². The van der Waals surface area contributed by atoms with E-state index in [2.05, 4.69) is 24.5 Å². The van der Waals surface area contributed by atoms with Crippen molar-refractivity contribution >= 4 is 0 Å². The van der Waals surface area contributed by atoms with Crippen LogP contribution >= 0.6 is 0 Å². The summed E-state index contributed by atoms with van der Waals surface area (Å²) in [5.41, 5.74) is 6.48. The summed E-state index contributed by atoms with van der Waals surface area (Å²) < 4.78 is 0. The summed E-state index contributed by atoms with van der Waals surface area (Å²) >= 11 is 0. The molecule has 0 saturated carbocycles. The summed E-state index contributed by atoms with van der Waals surface area (Å²) in [5, 5.41) is 3.49. The highest BCUT2D eigenvalue weighted by Crippen LogP contribution is 2.33. The summed E-state index contributed by atoms with van der Waals surface area (Å²) in [6.45, 7) is 0.